The molecule has 0 atom stereocenters. The SMILES string of the molecule is C1CCOC1.CCOc1cccnc1C(=O)O. The van der Waals surface area contributed by atoms with Crippen molar-refractivity contribution in [2.75, 3.05) is 19.8 Å². The summed E-state index contributed by atoms with van der Waals surface area (Å²) in [5, 5.41) is 8.65. The normalized spacial score (nSPS) is 13.7. The fraction of sp³-hybridized carbons (Fsp3) is 0.500. The van der Waals surface area contributed by atoms with Crippen molar-refractivity contribution in [1.29, 1.82) is 0 Å². The van der Waals surface area contributed by atoms with Crippen LogP contribution in [0.25, 0.3) is 0 Å². The first-order valence-electron chi connectivity index (χ1n) is 5.64. The third-order valence-corrected chi connectivity index (χ3v) is 2.10. The van der Waals surface area contributed by atoms with Crippen molar-refractivity contribution in [3.8, 4) is 5.75 Å². The van der Waals surface area contributed by atoms with Gasteiger partial charge in [0.05, 0.1) is 6.61 Å². The van der Waals surface area contributed by atoms with Crippen molar-refractivity contribution >= 4 is 5.97 Å². The first kappa shape index (κ1) is 13.4. The zero-order valence-corrected chi connectivity index (χ0v) is 9.89. The summed E-state index contributed by atoms with van der Waals surface area (Å²) in [6, 6.07) is 3.22. The first-order valence-corrected chi connectivity index (χ1v) is 5.64. The molecule has 94 valence electrons. The number of carboxylic acid groups (broad SMARTS) is 1. The lowest BCUT2D eigenvalue weighted by atomic mass is 10.3. The van der Waals surface area contributed by atoms with Crippen LogP contribution in [0.5, 0.6) is 5.75 Å². The summed E-state index contributed by atoms with van der Waals surface area (Å²) in [6.07, 6.45) is 3.98. The van der Waals surface area contributed by atoms with Gasteiger partial charge in [-0.1, -0.05) is 0 Å². The molecule has 1 aliphatic rings. The highest BCUT2D eigenvalue weighted by molar-refractivity contribution is 5.88. The zero-order valence-electron chi connectivity index (χ0n) is 9.89. The summed E-state index contributed by atoms with van der Waals surface area (Å²) in [4.78, 5) is 14.2. The van der Waals surface area contributed by atoms with E-state index < -0.39 is 5.97 Å². The lowest BCUT2D eigenvalue weighted by Gasteiger charge is -2.04. The van der Waals surface area contributed by atoms with Crippen molar-refractivity contribution in [3.05, 3.63) is 24.0 Å². The monoisotopic (exact) mass is 239 g/mol. The zero-order chi connectivity index (χ0) is 12.5. The fourth-order valence-electron chi connectivity index (χ4n) is 1.33. The maximum absolute atomic E-state index is 10.6. The van der Waals surface area contributed by atoms with Crippen LogP contribution in [0.4, 0.5) is 0 Å². The average Bonchev–Trinajstić information content (AvgIpc) is 2.88. The lowest BCUT2D eigenvalue weighted by molar-refractivity contribution is 0.0685. The molecule has 0 unspecified atom stereocenters. The van der Waals surface area contributed by atoms with Crippen LogP contribution in [-0.4, -0.2) is 35.9 Å². The molecule has 17 heavy (non-hydrogen) atoms. The Balaban J connectivity index is 0.000000239. The van der Waals surface area contributed by atoms with Crippen molar-refractivity contribution in [3.63, 3.8) is 0 Å². The predicted octanol–water partition coefficient (Wildman–Crippen LogP) is 1.98. The van der Waals surface area contributed by atoms with Gasteiger partial charge in [0.2, 0.25) is 0 Å². The number of aromatic nitrogens is 1. The highest BCUT2D eigenvalue weighted by Gasteiger charge is 2.10. The molecule has 5 nitrogen and oxygen atoms in total. The van der Waals surface area contributed by atoms with Gasteiger partial charge in [0.25, 0.3) is 0 Å². The highest BCUT2D eigenvalue weighted by Crippen LogP contribution is 2.14. The second-order valence-electron chi connectivity index (χ2n) is 3.41. The molecule has 1 aliphatic heterocycles. The Morgan fingerprint density at radius 2 is 2.24 bits per heavy atom. The molecule has 2 heterocycles. The molecule has 0 saturated carbocycles. The van der Waals surface area contributed by atoms with E-state index in [1.807, 2.05) is 0 Å². The Labute approximate surface area is 100 Å². The van der Waals surface area contributed by atoms with Crippen LogP contribution in [-0.2, 0) is 4.74 Å². The van der Waals surface area contributed by atoms with E-state index in [2.05, 4.69) is 4.98 Å². The number of rotatable bonds is 3. The fourth-order valence-corrected chi connectivity index (χ4v) is 1.33. The van der Waals surface area contributed by atoms with Crippen LogP contribution in [0.1, 0.15) is 30.3 Å². The molecule has 1 N–H and O–H groups in total. The smallest absolute Gasteiger partial charge is 0.358 e. The van der Waals surface area contributed by atoms with Crippen LogP contribution in [0.2, 0.25) is 0 Å². The molecule has 0 bridgehead atoms. The van der Waals surface area contributed by atoms with Gasteiger partial charge in [-0.05, 0) is 31.9 Å². The van der Waals surface area contributed by atoms with E-state index in [9.17, 15) is 4.79 Å². The minimum atomic E-state index is -1.07. The number of pyridine rings is 1. The van der Waals surface area contributed by atoms with Crippen LogP contribution in [0.15, 0.2) is 18.3 Å². The van der Waals surface area contributed by atoms with Crippen LogP contribution >= 0.6 is 0 Å². The molecule has 0 aromatic carbocycles. The summed E-state index contributed by atoms with van der Waals surface area (Å²) < 4.78 is 10.00. The second kappa shape index (κ2) is 7.62. The van der Waals surface area contributed by atoms with Gasteiger partial charge >= 0.3 is 5.97 Å². The maximum Gasteiger partial charge on any atom is 0.358 e. The molecule has 1 aromatic heterocycles. The van der Waals surface area contributed by atoms with Crippen molar-refractivity contribution in [1.82, 2.24) is 4.98 Å². The molecule has 5 heteroatoms. The summed E-state index contributed by atoms with van der Waals surface area (Å²) in [5.41, 5.74) is -0.0423. The summed E-state index contributed by atoms with van der Waals surface area (Å²) in [7, 11) is 0. The summed E-state index contributed by atoms with van der Waals surface area (Å²) >= 11 is 0. The summed E-state index contributed by atoms with van der Waals surface area (Å²) in [5.74, 6) is -0.758. The summed E-state index contributed by atoms with van der Waals surface area (Å²) in [6.45, 7) is 4.23. The van der Waals surface area contributed by atoms with Crippen molar-refractivity contribution in [2.24, 2.45) is 0 Å². The van der Waals surface area contributed by atoms with Crippen molar-refractivity contribution in [2.45, 2.75) is 19.8 Å². The first-order chi connectivity index (χ1) is 8.25. The Hall–Kier alpha value is -1.62. The predicted molar refractivity (Wildman–Crippen MR) is 62.4 cm³/mol. The molecule has 0 amide bonds. The van der Waals surface area contributed by atoms with Crippen LogP contribution in [0, 0.1) is 0 Å². The molecule has 1 fully saturated rings. The van der Waals surface area contributed by atoms with E-state index in [0.717, 1.165) is 13.2 Å². The van der Waals surface area contributed by atoms with Gasteiger partial charge in [-0.15, -0.1) is 0 Å². The Morgan fingerprint density at radius 1 is 1.53 bits per heavy atom. The third kappa shape index (κ3) is 4.82. The van der Waals surface area contributed by atoms with Crippen LogP contribution < -0.4 is 4.74 Å². The van der Waals surface area contributed by atoms with Crippen LogP contribution in [0.3, 0.4) is 0 Å². The van der Waals surface area contributed by atoms with Gasteiger partial charge in [-0.3, -0.25) is 0 Å². The van der Waals surface area contributed by atoms with Gasteiger partial charge in [-0.2, -0.15) is 0 Å². The highest BCUT2D eigenvalue weighted by atomic mass is 16.5. The van der Waals surface area contributed by atoms with E-state index in [1.165, 1.54) is 19.0 Å². The lowest BCUT2D eigenvalue weighted by Crippen LogP contribution is -2.04. The van der Waals surface area contributed by atoms with E-state index in [4.69, 9.17) is 14.6 Å². The van der Waals surface area contributed by atoms with E-state index in [0.29, 0.717) is 12.4 Å². The van der Waals surface area contributed by atoms with E-state index >= 15 is 0 Å². The van der Waals surface area contributed by atoms with Gasteiger partial charge < -0.3 is 14.6 Å². The number of aromatic carboxylic acids is 1. The van der Waals surface area contributed by atoms with Crippen molar-refractivity contribution < 1.29 is 19.4 Å². The van der Waals surface area contributed by atoms with Gasteiger partial charge in [0.15, 0.2) is 11.4 Å². The molecule has 1 saturated heterocycles. The number of ether oxygens (including phenoxy) is 2. The average molecular weight is 239 g/mol. The van der Waals surface area contributed by atoms with E-state index in [-0.39, 0.29) is 5.69 Å². The number of hydrogen-bond acceptors (Lipinski definition) is 4. The molecule has 1 aromatic rings. The molecule has 0 radical (unpaired) electrons. The number of carboxylic acids is 1. The standard InChI is InChI=1S/C8H9NO3.C4H8O/c1-2-12-6-4-3-5-9-7(6)8(10)11;1-2-4-5-3-1/h3-5H,2H2,1H3,(H,10,11);1-4H2. The molecular weight excluding hydrogens is 222 g/mol. The molecule has 0 spiro atoms. The number of hydrogen-bond donors (Lipinski definition) is 1. The van der Waals surface area contributed by atoms with Gasteiger partial charge in [-0.25, -0.2) is 9.78 Å². The maximum atomic E-state index is 10.6. The molecule has 0 aliphatic carbocycles. The number of carbonyl (C=O) groups is 1. The quantitative estimate of drug-likeness (QED) is 0.873. The minimum absolute atomic E-state index is 0.0423. The largest absolute Gasteiger partial charge is 0.491 e. The van der Waals surface area contributed by atoms with Gasteiger partial charge in [0.1, 0.15) is 0 Å². The molecular formula is C12H17NO4. The number of nitrogens with zero attached hydrogens (tertiary/aromatic N) is 1. The minimum Gasteiger partial charge on any atom is -0.491 e. The Morgan fingerprint density at radius 3 is 2.71 bits per heavy atom. The topological polar surface area (TPSA) is 68.7 Å². The molecule has 2 rings (SSSR count). The second-order valence-corrected chi connectivity index (χ2v) is 3.41. The Bertz CT molecular complexity index is 343. The van der Waals surface area contributed by atoms with Gasteiger partial charge in [0, 0.05) is 19.4 Å². The Kier molecular flexibility index (Phi) is 6.03. The van der Waals surface area contributed by atoms with E-state index in [1.54, 1.807) is 19.1 Å². The third-order valence-electron chi connectivity index (χ3n) is 2.10.